The number of hydrogen-bond acceptors (Lipinski definition) is 4. The van der Waals surface area contributed by atoms with Gasteiger partial charge in [0, 0.05) is 13.6 Å². The minimum Gasteiger partial charge on any atom is -0.444 e. The van der Waals surface area contributed by atoms with Gasteiger partial charge in [-0.2, -0.15) is 0 Å². The van der Waals surface area contributed by atoms with Crippen LogP contribution < -0.4 is 5.32 Å². The van der Waals surface area contributed by atoms with Crippen LogP contribution >= 0.6 is 0 Å². The standard InChI is InChI=1S/C20H28N2O4/c1-19(2,3)26-18(24)22-10-11-25-13-16(22)14-6-5-7-15(12-14)20(8-9-20)17(23)21-4/h5-7,12,16H,8-11,13H2,1-4H3,(H,21,23). The van der Waals surface area contributed by atoms with E-state index in [9.17, 15) is 9.59 Å². The fourth-order valence-electron chi connectivity index (χ4n) is 3.47. The largest absolute Gasteiger partial charge is 0.444 e. The van der Waals surface area contributed by atoms with Crippen molar-refractivity contribution in [1.82, 2.24) is 10.2 Å². The van der Waals surface area contributed by atoms with Gasteiger partial charge in [-0.3, -0.25) is 9.69 Å². The number of hydrogen-bond donors (Lipinski definition) is 1. The number of nitrogens with one attached hydrogen (secondary N) is 1. The zero-order chi connectivity index (χ0) is 18.9. The van der Waals surface area contributed by atoms with Gasteiger partial charge in [0.15, 0.2) is 0 Å². The molecule has 1 aliphatic carbocycles. The highest BCUT2D eigenvalue weighted by molar-refractivity contribution is 5.91. The lowest BCUT2D eigenvalue weighted by atomic mass is 9.91. The summed E-state index contributed by atoms with van der Waals surface area (Å²) in [7, 11) is 1.67. The molecule has 1 unspecified atom stereocenters. The summed E-state index contributed by atoms with van der Waals surface area (Å²) < 4.78 is 11.2. The van der Waals surface area contributed by atoms with Crippen LogP contribution in [0.15, 0.2) is 24.3 Å². The molecule has 0 aromatic heterocycles. The minimum absolute atomic E-state index is 0.0542. The molecule has 0 radical (unpaired) electrons. The van der Waals surface area contributed by atoms with Gasteiger partial charge in [0.05, 0.1) is 24.7 Å². The van der Waals surface area contributed by atoms with Crippen molar-refractivity contribution in [2.24, 2.45) is 0 Å². The van der Waals surface area contributed by atoms with Crippen LogP contribution in [-0.4, -0.2) is 49.3 Å². The number of likely N-dealkylation sites (N-methyl/N-ethyl adjacent to an activating group) is 1. The molecule has 6 heteroatoms. The van der Waals surface area contributed by atoms with E-state index in [0.717, 1.165) is 24.0 Å². The molecule has 6 nitrogen and oxygen atoms in total. The van der Waals surface area contributed by atoms with Crippen molar-refractivity contribution in [3.63, 3.8) is 0 Å². The molecule has 0 spiro atoms. The highest BCUT2D eigenvalue weighted by Crippen LogP contribution is 2.49. The van der Waals surface area contributed by atoms with Crippen molar-refractivity contribution in [2.75, 3.05) is 26.8 Å². The van der Waals surface area contributed by atoms with Crippen molar-refractivity contribution in [3.05, 3.63) is 35.4 Å². The molecule has 0 bridgehead atoms. The molecular formula is C20H28N2O4. The molecule has 2 amide bonds. The first-order valence-corrected chi connectivity index (χ1v) is 9.17. The molecular weight excluding hydrogens is 332 g/mol. The molecule has 1 N–H and O–H groups in total. The second kappa shape index (κ2) is 6.91. The quantitative estimate of drug-likeness (QED) is 0.900. The molecule has 2 fully saturated rings. The molecule has 1 heterocycles. The van der Waals surface area contributed by atoms with E-state index >= 15 is 0 Å². The Kier molecular flexibility index (Phi) is 4.97. The molecule has 142 valence electrons. The molecule has 1 atom stereocenters. The van der Waals surface area contributed by atoms with Gasteiger partial charge >= 0.3 is 6.09 Å². The summed E-state index contributed by atoms with van der Waals surface area (Å²) in [5, 5.41) is 2.77. The predicted octanol–water partition coefficient (Wildman–Crippen LogP) is 2.77. The molecule has 3 rings (SSSR count). The third-order valence-corrected chi connectivity index (χ3v) is 4.99. The van der Waals surface area contributed by atoms with Crippen molar-refractivity contribution in [2.45, 2.75) is 50.7 Å². The Morgan fingerprint density at radius 2 is 2.04 bits per heavy atom. The third kappa shape index (κ3) is 3.70. The second-order valence-corrected chi connectivity index (χ2v) is 8.05. The number of ether oxygens (including phenoxy) is 2. The van der Waals surface area contributed by atoms with Crippen molar-refractivity contribution >= 4 is 12.0 Å². The number of benzene rings is 1. The lowest BCUT2D eigenvalue weighted by molar-refractivity contribution is -0.123. The van der Waals surface area contributed by atoms with E-state index in [2.05, 4.69) is 5.32 Å². The summed E-state index contributed by atoms with van der Waals surface area (Å²) in [6, 6.07) is 7.76. The van der Waals surface area contributed by atoms with Crippen LogP contribution in [0.25, 0.3) is 0 Å². The van der Waals surface area contributed by atoms with Crippen LogP contribution in [-0.2, 0) is 19.7 Å². The highest BCUT2D eigenvalue weighted by atomic mass is 16.6. The van der Waals surface area contributed by atoms with Crippen LogP contribution in [0, 0.1) is 0 Å². The molecule has 1 aromatic carbocycles. The maximum atomic E-state index is 12.6. The number of nitrogens with zero attached hydrogens (tertiary/aromatic N) is 1. The maximum Gasteiger partial charge on any atom is 0.410 e. The maximum absolute atomic E-state index is 12.6. The second-order valence-electron chi connectivity index (χ2n) is 8.05. The summed E-state index contributed by atoms with van der Waals surface area (Å²) in [6.07, 6.45) is 1.38. The van der Waals surface area contributed by atoms with Gasteiger partial charge in [-0.05, 0) is 44.7 Å². The summed E-state index contributed by atoms with van der Waals surface area (Å²) in [5.74, 6) is 0.0542. The van der Waals surface area contributed by atoms with E-state index < -0.39 is 11.0 Å². The predicted molar refractivity (Wildman–Crippen MR) is 97.9 cm³/mol. The van der Waals surface area contributed by atoms with Gasteiger partial charge in [-0.1, -0.05) is 24.3 Å². The van der Waals surface area contributed by atoms with Crippen molar-refractivity contribution in [1.29, 1.82) is 0 Å². The average Bonchev–Trinajstić information content (AvgIpc) is 3.42. The Balaban J connectivity index is 1.86. The summed E-state index contributed by atoms with van der Waals surface area (Å²) >= 11 is 0. The average molecular weight is 360 g/mol. The van der Waals surface area contributed by atoms with Crippen LogP contribution in [0.1, 0.15) is 50.8 Å². The zero-order valence-electron chi connectivity index (χ0n) is 16.0. The number of amides is 2. The van der Waals surface area contributed by atoms with Gasteiger partial charge < -0.3 is 14.8 Å². The number of morpholine rings is 1. The molecule has 1 saturated carbocycles. The van der Waals surface area contributed by atoms with Crippen LogP contribution in [0.3, 0.4) is 0 Å². The van der Waals surface area contributed by atoms with Gasteiger partial charge in [0.1, 0.15) is 5.60 Å². The minimum atomic E-state index is -0.543. The molecule has 1 saturated heterocycles. The van der Waals surface area contributed by atoms with E-state index in [0.29, 0.717) is 19.8 Å². The molecule has 2 aliphatic rings. The zero-order valence-corrected chi connectivity index (χ0v) is 16.0. The van der Waals surface area contributed by atoms with E-state index in [1.807, 2.05) is 45.0 Å². The lowest BCUT2D eigenvalue weighted by Gasteiger charge is -2.37. The number of rotatable bonds is 3. The number of carbonyl (C=O) groups excluding carboxylic acids is 2. The smallest absolute Gasteiger partial charge is 0.410 e. The summed E-state index contributed by atoms with van der Waals surface area (Å²) in [4.78, 5) is 26.7. The Hall–Kier alpha value is -2.08. The van der Waals surface area contributed by atoms with Gasteiger partial charge in [0.2, 0.25) is 5.91 Å². The third-order valence-electron chi connectivity index (χ3n) is 4.99. The molecule has 1 aliphatic heterocycles. The first-order chi connectivity index (χ1) is 12.3. The summed E-state index contributed by atoms with van der Waals surface area (Å²) in [5.41, 5.74) is 1.02. The van der Waals surface area contributed by atoms with Crippen LogP contribution in [0.2, 0.25) is 0 Å². The van der Waals surface area contributed by atoms with Crippen LogP contribution in [0.5, 0.6) is 0 Å². The van der Waals surface area contributed by atoms with E-state index in [1.165, 1.54) is 0 Å². The van der Waals surface area contributed by atoms with E-state index in [1.54, 1.807) is 11.9 Å². The van der Waals surface area contributed by atoms with Crippen molar-refractivity contribution < 1.29 is 19.1 Å². The topological polar surface area (TPSA) is 67.9 Å². The van der Waals surface area contributed by atoms with E-state index in [-0.39, 0.29) is 18.0 Å². The number of carbonyl (C=O) groups is 2. The van der Waals surface area contributed by atoms with E-state index in [4.69, 9.17) is 9.47 Å². The lowest BCUT2D eigenvalue weighted by Crippen LogP contribution is -2.45. The van der Waals surface area contributed by atoms with Gasteiger partial charge in [0.25, 0.3) is 0 Å². The van der Waals surface area contributed by atoms with Crippen LogP contribution in [0.4, 0.5) is 4.79 Å². The highest BCUT2D eigenvalue weighted by Gasteiger charge is 2.51. The summed E-state index contributed by atoms with van der Waals surface area (Å²) in [6.45, 7) is 7.00. The van der Waals surface area contributed by atoms with Gasteiger partial charge in [-0.25, -0.2) is 4.79 Å². The SMILES string of the molecule is CNC(=O)C1(c2cccc(C3COCCN3C(=O)OC(C)(C)C)c2)CC1. The normalized spacial score (nSPS) is 21.8. The molecule has 26 heavy (non-hydrogen) atoms. The Labute approximate surface area is 154 Å². The Bertz CT molecular complexity index is 691. The monoisotopic (exact) mass is 360 g/mol. The first-order valence-electron chi connectivity index (χ1n) is 9.17. The Morgan fingerprint density at radius 3 is 2.65 bits per heavy atom. The fraction of sp³-hybridized carbons (Fsp3) is 0.600. The molecule has 1 aromatic rings. The Morgan fingerprint density at radius 1 is 1.31 bits per heavy atom. The fourth-order valence-corrected chi connectivity index (χ4v) is 3.47. The van der Waals surface area contributed by atoms with Crippen molar-refractivity contribution in [3.8, 4) is 0 Å². The first kappa shape index (κ1) is 18.7. The van der Waals surface area contributed by atoms with Gasteiger partial charge in [-0.15, -0.1) is 0 Å².